The van der Waals surface area contributed by atoms with E-state index in [1.807, 2.05) is 12.1 Å². The van der Waals surface area contributed by atoms with E-state index in [1.165, 1.54) is 0 Å². The van der Waals surface area contributed by atoms with Gasteiger partial charge in [0, 0.05) is 9.13 Å². The molecule has 0 saturated heterocycles. The summed E-state index contributed by atoms with van der Waals surface area (Å²) in [6.07, 6.45) is 0. The number of amides is 1. The molecule has 2 aromatic carbocycles. The van der Waals surface area contributed by atoms with Crippen LogP contribution < -0.4 is 10.1 Å². The van der Waals surface area contributed by atoms with Crippen molar-refractivity contribution >= 4 is 45.8 Å². The van der Waals surface area contributed by atoms with Gasteiger partial charge >= 0.3 is 0 Å². The summed E-state index contributed by atoms with van der Waals surface area (Å²) < 4.78 is 6.03. The number of hydrogen-bond acceptors (Lipinski definition) is 2. The lowest BCUT2D eigenvalue weighted by molar-refractivity contribution is 0.102. The molecule has 0 spiro atoms. The predicted molar refractivity (Wildman–Crippen MR) is 85.1 cm³/mol. The SMILES string of the molecule is COc1ccccc1NC(=O)c1ccc(Cl)c(I)c1. The van der Waals surface area contributed by atoms with Crippen molar-refractivity contribution in [1.29, 1.82) is 0 Å². The van der Waals surface area contributed by atoms with Crippen molar-refractivity contribution in [1.82, 2.24) is 0 Å². The van der Waals surface area contributed by atoms with Gasteiger partial charge in [-0.25, -0.2) is 0 Å². The van der Waals surface area contributed by atoms with Gasteiger partial charge in [-0.2, -0.15) is 0 Å². The fourth-order valence-corrected chi connectivity index (χ4v) is 2.21. The lowest BCUT2D eigenvalue weighted by Crippen LogP contribution is -2.12. The Bertz CT molecular complexity index is 616. The fraction of sp³-hybridized carbons (Fsp3) is 0.0714. The maximum absolute atomic E-state index is 12.1. The number of rotatable bonds is 3. The molecule has 19 heavy (non-hydrogen) atoms. The average Bonchev–Trinajstić information content (AvgIpc) is 2.42. The van der Waals surface area contributed by atoms with Gasteiger partial charge in [-0.1, -0.05) is 23.7 Å². The number of benzene rings is 2. The molecule has 2 aromatic rings. The quantitative estimate of drug-likeness (QED) is 0.802. The average molecular weight is 388 g/mol. The number of methoxy groups -OCH3 is 1. The molecule has 0 bridgehead atoms. The van der Waals surface area contributed by atoms with Crippen LogP contribution in [0.4, 0.5) is 5.69 Å². The summed E-state index contributed by atoms with van der Waals surface area (Å²) >= 11 is 8.03. The van der Waals surface area contributed by atoms with Crippen LogP contribution >= 0.6 is 34.2 Å². The van der Waals surface area contributed by atoms with E-state index in [2.05, 4.69) is 27.9 Å². The zero-order chi connectivity index (χ0) is 13.8. The highest BCUT2D eigenvalue weighted by molar-refractivity contribution is 14.1. The van der Waals surface area contributed by atoms with E-state index in [1.54, 1.807) is 37.4 Å². The third-order valence-electron chi connectivity index (χ3n) is 2.54. The second kappa shape index (κ2) is 6.25. The van der Waals surface area contributed by atoms with Gasteiger partial charge in [0.25, 0.3) is 5.91 Å². The molecule has 1 amide bonds. The highest BCUT2D eigenvalue weighted by Gasteiger charge is 2.10. The molecule has 1 N–H and O–H groups in total. The largest absolute Gasteiger partial charge is 0.495 e. The predicted octanol–water partition coefficient (Wildman–Crippen LogP) is 4.21. The second-order valence-electron chi connectivity index (χ2n) is 3.78. The summed E-state index contributed by atoms with van der Waals surface area (Å²) in [5.74, 6) is 0.429. The van der Waals surface area contributed by atoms with E-state index in [0.29, 0.717) is 22.0 Å². The second-order valence-corrected chi connectivity index (χ2v) is 5.35. The first kappa shape index (κ1) is 14.1. The number of anilines is 1. The highest BCUT2D eigenvalue weighted by Crippen LogP contribution is 2.24. The van der Waals surface area contributed by atoms with Gasteiger partial charge in [-0.05, 0) is 52.9 Å². The number of ether oxygens (including phenoxy) is 1. The number of carbonyl (C=O) groups excluding carboxylic acids is 1. The summed E-state index contributed by atoms with van der Waals surface area (Å²) in [5, 5.41) is 3.45. The minimum Gasteiger partial charge on any atom is -0.495 e. The molecular weight excluding hydrogens is 377 g/mol. The molecule has 0 fully saturated rings. The lowest BCUT2D eigenvalue weighted by atomic mass is 10.2. The Morgan fingerprint density at radius 3 is 2.68 bits per heavy atom. The van der Waals surface area contributed by atoms with Crippen molar-refractivity contribution in [2.24, 2.45) is 0 Å². The van der Waals surface area contributed by atoms with Gasteiger partial charge in [0.15, 0.2) is 0 Å². The fourth-order valence-electron chi connectivity index (χ4n) is 1.58. The molecule has 0 radical (unpaired) electrons. The van der Waals surface area contributed by atoms with Crippen LogP contribution in [0.3, 0.4) is 0 Å². The first-order valence-corrected chi connectivity index (χ1v) is 6.97. The normalized spacial score (nSPS) is 10.1. The van der Waals surface area contributed by atoms with Crippen LogP contribution in [-0.4, -0.2) is 13.0 Å². The Labute approximate surface area is 130 Å². The van der Waals surface area contributed by atoms with E-state index >= 15 is 0 Å². The molecule has 0 aliphatic carbocycles. The molecule has 0 heterocycles. The van der Waals surface area contributed by atoms with E-state index in [-0.39, 0.29) is 5.91 Å². The molecule has 0 unspecified atom stereocenters. The van der Waals surface area contributed by atoms with Crippen LogP contribution in [0.1, 0.15) is 10.4 Å². The number of carbonyl (C=O) groups is 1. The van der Waals surface area contributed by atoms with Crippen LogP contribution in [0.15, 0.2) is 42.5 Å². The van der Waals surface area contributed by atoms with Gasteiger partial charge in [0.1, 0.15) is 5.75 Å². The van der Waals surface area contributed by atoms with Crippen molar-refractivity contribution < 1.29 is 9.53 Å². The van der Waals surface area contributed by atoms with E-state index in [4.69, 9.17) is 16.3 Å². The smallest absolute Gasteiger partial charge is 0.255 e. The van der Waals surface area contributed by atoms with E-state index in [9.17, 15) is 4.79 Å². The summed E-state index contributed by atoms with van der Waals surface area (Å²) in [6, 6.07) is 12.4. The molecule has 5 heteroatoms. The summed E-state index contributed by atoms with van der Waals surface area (Å²) in [6.45, 7) is 0. The van der Waals surface area contributed by atoms with Crippen LogP contribution in [0.2, 0.25) is 5.02 Å². The zero-order valence-electron chi connectivity index (χ0n) is 10.1. The van der Waals surface area contributed by atoms with E-state index < -0.39 is 0 Å². The van der Waals surface area contributed by atoms with Crippen LogP contribution in [-0.2, 0) is 0 Å². The van der Waals surface area contributed by atoms with Gasteiger partial charge in [-0.15, -0.1) is 0 Å². The topological polar surface area (TPSA) is 38.3 Å². The van der Waals surface area contributed by atoms with E-state index in [0.717, 1.165) is 3.57 Å². The third-order valence-corrected chi connectivity index (χ3v) is 4.08. The first-order valence-electron chi connectivity index (χ1n) is 5.51. The molecule has 0 saturated carbocycles. The van der Waals surface area contributed by atoms with Crippen LogP contribution in [0.5, 0.6) is 5.75 Å². The lowest BCUT2D eigenvalue weighted by Gasteiger charge is -2.10. The summed E-state index contributed by atoms with van der Waals surface area (Å²) in [7, 11) is 1.57. The zero-order valence-corrected chi connectivity index (χ0v) is 13.0. The van der Waals surface area contributed by atoms with Gasteiger partial charge in [0.05, 0.1) is 17.8 Å². The molecule has 0 aliphatic rings. The summed E-state index contributed by atoms with van der Waals surface area (Å²) in [5.41, 5.74) is 1.19. The summed E-state index contributed by atoms with van der Waals surface area (Å²) in [4.78, 5) is 12.1. The van der Waals surface area contributed by atoms with Crippen LogP contribution in [0, 0.1) is 3.57 Å². The maximum Gasteiger partial charge on any atom is 0.255 e. The van der Waals surface area contributed by atoms with Gasteiger partial charge < -0.3 is 10.1 Å². The first-order chi connectivity index (χ1) is 9.11. The molecule has 0 atom stereocenters. The van der Waals surface area contributed by atoms with Crippen molar-refractivity contribution in [2.75, 3.05) is 12.4 Å². The number of para-hydroxylation sites is 2. The number of halogens is 2. The maximum atomic E-state index is 12.1. The molecule has 0 aliphatic heterocycles. The highest BCUT2D eigenvalue weighted by atomic mass is 127. The molecule has 0 aromatic heterocycles. The minimum absolute atomic E-state index is 0.195. The van der Waals surface area contributed by atoms with Gasteiger partial charge in [0.2, 0.25) is 0 Å². The molecule has 2 rings (SSSR count). The van der Waals surface area contributed by atoms with Crippen LogP contribution in [0.25, 0.3) is 0 Å². The van der Waals surface area contributed by atoms with Crippen molar-refractivity contribution in [3.8, 4) is 5.75 Å². The van der Waals surface area contributed by atoms with Crippen molar-refractivity contribution in [3.63, 3.8) is 0 Å². The molecule has 98 valence electrons. The Balaban J connectivity index is 2.23. The van der Waals surface area contributed by atoms with Crippen molar-refractivity contribution in [2.45, 2.75) is 0 Å². The van der Waals surface area contributed by atoms with Crippen molar-refractivity contribution in [3.05, 3.63) is 56.6 Å². The molecule has 3 nitrogen and oxygen atoms in total. The minimum atomic E-state index is -0.195. The Morgan fingerprint density at radius 1 is 1.26 bits per heavy atom. The Hall–Kier alpha value is -1.27. The monoisotopic (exact) mass is 387 g/mol. The third kappa shape index (κ3) is 3.39. The van der Waals surface area contributed by atoms with Gasteiger partial charge in [-0.3, -0.25) is 4.79 Å². The number of hydrogen-bond donors (Lipinski definition) is 1. The Kier molecular flexibility index (Phi) is 4.66. The molecular formula is C14H11ClINO2. The standard InChI is InChI=1S/C14H11ClINO2/c1-19-13-5-3-2-4-12(13)17-14(18)9-6-7-10(15)11(16)8-9/h2-8H,1H3,(H,17,18). The Morgan fingerprint density at radius 2 is 2.00 bits per heavy atom. The number of nitrogens with one attached hydrogen (secondary N) is 1.